The molecule has 2 amide bonds. The predicted octanol–water partition coefficient (Wildman–Crippen LogP) is 3.93. The largest absolute Gasteiger partial charge is 0.486 e. The first-order valence-corrected chi connectivity index (χ1v) is 10.9. The minimum Gasteiger partial charge on any atom is -0.486 e. The number of ether oxygens (including phenoxy) is 2. The Kier molecular flexibility index (Phi) is 6.12. The van der Waals surface area contributed by atoms with E-state index >= 15 is 0 Å². The highest BCUT2D eigenvalue weighted by Crippen LogP contribution is 2.36. The van der Waals surface area contributed by atoms with Crippen molar-refractivity contribution in [3.05, 3.63) is 33.3 Å². The first kappa shape index (κ1) is 20.3. The van der Waals surface area contributed by atoms with Gasteiger partial charge >= 0.3 is 0 Å². The fraction of sp³-hybridized carbons (Fsp3) is 0.421. The number of hydrogen-bond acceptors (Lipinski definition) is 6. The number of benzene rings is 1. The maximum Gasteiger partial charge on any atom is 0.280 e. The van der Waals surface area contributed by atoms with Crippen LogP contribution < -0.4 is 19.7 Å². The van der Waals surface area contributed by atoms with Crippen LogP contribution in [0.25, 0.3) is 0 Å². The molecule has 0 atom stereocenters. The van der Waals surface area contributed by atoms with Gasteiger partial charge in [-0.05, 0) is 36.5 Å². The van der Waals surface area contributed by atoms with E-state index < -0.39 is 5.91 Å². The number of hydrogen-bond donors (Lipinski definition) is 1. The molecule has 1 N–H and O–H groups in total. The molecule has 1 fully saturated rings. The number of carbonyl (C=O) groups is 2. The summed E-state index contributed by atoms with van der Waals surface area (Å²) >= 11 is 13.1. The number of nitrogens with one attached hydrogen (secondary N) is 1. The van der Waals surface area contributed by atoms with Crippen molar-refractivity contribution in [3.8, 4) is 11.5 Å². The van der Waals surface area contributed by atoms with Crippen LogP contribution in [0.2, 0.25) is 9.36 Å². The van der Waals surface area contributed by atoms with Crippen LogP contribution in [0.1, 0.15) is 36.2 Å². The fourth-order valence-electron chi connectivity index (χ4n) is 3.49. The molecule has 1 saturated carbocycles. The van der Waals surface area contributed by atoms with Gasteiger partial charge in [-0.2, -0.15) is 4.37 Å². The summed E-state index contributed by atoms with van der Waals surface area (Å²) in [4.78, 5) is 27.2. The minimum absolute atomic E-state index is 0.0187. The van der Waals surface area contributed by atoms with Gasteiger partial charge in [0.2, 0.25) is 5.91 Å². The van der Waals surface area contributed by atoms with E-state index in [1.54, 1.807) is 18.2 Å². The van der Waals surface area contributed by atoms with Gasteiger partial charge in [0, 0.05) is 17.8 Å². The molecule has 1 aliphatic carbocycles. The quantitative estimate of drug-likeness (QED) is 0.738. The van der Waals surface area contributed by atoms with Crippen LogP contribution in [0.3, 0.4) is 0 Å². The van der Waals surface area contributed by atoms with Crippen LogP contribution >= 0.6 is 34.7 Å². The molecule has 0 unspecified atom stereocenters. The molecule has 10 heteroatoms. The lowest BCUT2D eigenvalue weighted by Gasteiger charge is -2.25. The Morgan fingerprint density at radius 2 is 1.90 bits per heavy atom. The van der Waals surface area contributed by atoms with E-state index in [-0.39, 0.29) is 33.5 Å². The molecule has 0 radical (unpaired) electrons. The number of carbonyl (C=O) groups excluding carboxylic acids is 2. The summed E-state index contributed by atoms with van der Waals surface area (Å²) in [6, 6.07) is 5.25. The lowest BCUT2D eigenvalue weighted by atomic mass is 10.2. The molecular formula is C19H19Cl2N3O4S. The van der Waals surface area contributed by atoms with Gasteiger partial charge < -0.3 is 14.8 Å². The Hall–Kier alpha value is -2.03. The fourth-order valence-corrected chi connectivity index (χ4v) is 4.47. The smallest absolute Gasteiger partial charge is 0.280 e. The van der Waals surface area contributed by atoms with Crippen molar-refractivity contribution in [2.45, 2.75) is 31.7 Å². The monoisotopic (exact) mass is 455 g/mol. The van der Waals surface area contributed by atoms with Crippen molar-refractivity contribution in [1.82, 2.24) is 9.69 Å². The number of halogens is 2. The van der Waals surface area contributed by atoms with Gasteiger partial charge in [0.05, 0.1) is 0 Å². The number of aromatic nitrogens is 1. The van der Waals surface area contributed by atoms with Crippen molar-refractivity contribution >= 4 is 52.2 Å². The van der Waals surface area contributed by atoms with Crippen LogP contribution in [0.4, 0.5) is 5.69 Å². The molecular weight excluding hydrogens is 437 g/mol. The molecule has 4 rings (SSSR count). The Bertz CT molecular complexity index is 930. The Labute approximate surface area is 182 Å². The molecule has 154 valence electrons. The molecule has 1 aromatic heterocycles. The zero-order valence-corrected chi connectivity index (χ0v) is 17.8. The summed E-state index contributed by atoms with van der Waals surface area (Å²) in [5.41, 5.74) is 0.506. The third-order valence-corrected chi connectivity index (χ3v) is 6.52. The van der Waals surface area contributed by atoms with Crippen molar-refractivity contribution < 1.29 is 19.1 Å². The van der Waals surface area contributed by atoms with Gasteiger partial charge in [-0.3, -0.25) is 14.5 Å². The van der Waals surface area contributed by atoms with Crippen LogP contribution in [0.15, 0.2) is 18.2 Å². The van der Waals surface area contributed by atoms with Crippen molar-refractivity contribution in [3.63, 3.8) is 0 Å². The van der Waals surface area contributed by atoms with E-state index in [0.717, 1.165) is 37.2 Å². The highest BCUT2D eigenvalue weighted by Gasteiger charge is 2.28. The highest BCUT2D eigenvalue weighted by molar-refractivity contribution is 7.11. The average molecular weight is 456 g/mol. The highest BCUT2D eigenvalue weighted by atomic mass is 35.5. The second-order valence-electron chi connectivity index (χ2n) is 6.89. The predicted molar refractivity (Wildman–Crippen MR) is 112 cm³/mol. The van der Waals surface area contributed by atoms with Gasteiger partial charge in [-0.15, -0.1) is 0 Å². The first-order chi connectivity index (χ1) is 14.0. The second-order valence-corrected chi connectivity index (χ2v) is 8.64. The van der Waals surface area contributed by atoms with Crippen molar-refractivity contribution in [2.75, 3.05) is 24.7 Å². The number of rotatable bonds is 5. The van der Waals surface area contributed by atoms with Crippen LogP contribution in [-0.2, 0) is 4.79 Å². The second kappa shape index (κ2) is 8.77. The summed E-state index contributed by atoms with van der Waals surface area (Å²) in [6.45, 7) is 0.715. The molecule has 0 spiro atoms. The van der Waals surface area contributed by atoms with E-state index in [2.05, 4.69) is 9.69 Å². The Balaban J connectivity index is 1.62. The number of fused-ring (bicyclic) bond motifs is 1. The summed E-state index contributed by atoms with van der Waals surface area (Å²) in [6.07, 6.45) is 4.11. The van der Waals surface area contributed by atoms with Gasteiger partial charge in [0.1, 0.15) is 29.1 Å². The molecule has 0 saturated heterocycles. The molecule has 0 bridgehead atoms. The summed E-state index contributed by atoms with van der Waals surface area (Å²) in [5, 5.41) is 3.09. The first-order valence-electron chi connectivity index (χ1n) is 9.34. The van der Waals surface area contributed by atoms with Crippen LogP contribution in [-0.4, -0.2) is 42.0 Å². The number of nitrogens with zero attached hydrogens (tertiary/aromatic N) is 2. The standard InChI is InChI=1S/C19H19Cl2N3O4S/c20-16-17(23-29-18(16)21)19(26)24(10-15(25)22-11-3-1-2-4-11)12-5-6-13-14(9-12)28-8-7-27-13/h5-6,9,11H,1-4,7-8,10H2,(H,22,25). The van der Waals surface area contributed by atoms with E-state index in [1.165, 1.54) is 4.90 Å². The van der Waals surface area contributed by atoms with Crippen LogP contribution in [0.5, 0.6) is 11.5 Å². The van der Waals surface area contributed by atoms with Gasteiger partial charge in [0.25, 0.3) is 5.91 Å². The molecule has 2 heterocycles. The van der Waals surface area contributed by atoms with E-state index in [4.69, 9.17) is 32.7 Å². The zero-order chi connectivity index (χ0) is 20.4. The number of amides is 2. The zero-order valence-electron chi connectivity index (χ0n) is 15.5. The topological polar surface area (TPSA) is 80.8 Å². The van der Waals surface area contributed by atoms with E-state index in [9.17, 15) is 9.59 Å². The molecule has 2 aliphatic rings. The average Bonchev–Trinajstić information content (AvgIpc) is 3.35. The normalized spacial score (nSPS) is 15.9. The molecule has 1 aliphatic heterocycles. The Morgan fingerprint density at radius 3 is 2.59 bits per heavy atom. The van der Waals surface area contributed by atoms with E-state index in [0.29, 0.717) is 30.4 Å². The third kappa shape index (κ3) is 4.44. The number of anilines is 1. The molecule has 7 nitrogen and oxygen atoms in total. The minimum atomic E-state index is -0.503. The van der Waals surface area contributed by atoms with Gasteiger partial charge in [0.15, 0.2) is 17.2 Å². The third-order valence-electron chi connectivity index (χ3n) is 4.90. The maximum atomic E-state index is 13.2. The lowest BCUT2D eigenvalue weighted by Crippen LogP contribution is -2.44. The molecule has 2 aromatic rings. The van der Waals surface area contributed by atoms with Crippen molar-refractivity contribution in [1.29, 1.82) is 0 Å². The maximum absolute atomic E-state index is 13.2. The van der Waals surface area contributed by atoms with E-state index in [1.807, 2.05) is 0 Å². The molecule has 29 heavy (non-hydrogen) atoms. The lowest BCUT2D eigenvalue weighted by molar-refractivity contribution is -0.120. The Morgan fingerprint density at radius 1 is 1.17 bits per heavy atom. The summed E-state index contributed by atoms with van der Waals surface area (Å²) in [5.74, 6) is 0.372. The molecule has 1 aromatic carbocycles. The van der Waals surface area contributed by atoms with Crippen molar-refractivity contribution in [2.24, 2.45) is 0 Å². The summed E-state index contributed by atoms with van der Waals surface area (Å²) < 4.78 is 15.4. The van der Waals surface area contributed by atoms with Gasteiger partial charge in [-0.1, -0.05) is 36.0 Å². The van der Waals surface area contributed by atoms with Crippen LogP contribution in [0, 0.1) is 0 Å². The SMILES string of the molecule is O=C(CN(C(=O)c1nsc(Cl)c1Cl)c1ccc2c(c1)OCCO2)NC1CCCC1. The summed E-state index contributed by atoms with van der Waals surface area (Å²) in [7, 11) is 0. The van der Waals surface area contributed by atoms with Gasteiger partial charge in [-0.25, -0.2) is 0 Å².